The van der Waals surface area contributed by atoms with Gasteiger partial charge < -0.3 is 19.7 Å². The molecular weight excluding hydrogens is 384 g/mol. The quantitative estimate of drug-likeness (QED) is 0.226. The number of hydrogen-bond donors (Lipinski definition) is 2. The van der Waals surface area contributed by atoms with Gasteiger partial charge in [0.15, 0.2) is 0 Å². The Morgan fingerprint density at radius 3 is 1.30 bits per heavy atom. The maximum atomic E-state index is 12.0. The number of carbonyl (C=O) groups excluding carboxylic acids is 2. The van der Waals surface area contributed by atoms with Gasteiger partial charge in [-0.1, -0.05) is 53.4 Å². The Hall–Kier alpha value is -1.14. The van der Waals surface area contributed by atoms with Crippen LogP contribution in [0, 0.1) is 10.8 Å². The first-order valence-corrected chi connectivity index (χ1v) is 11.9. The highest BCUT2D eigenvalue weighted by Crippen LogP contribution is 2.30. The van der Waals surface area contributed by atoms with Gasteiger partial charge in [0.2, 0.25) is 0 Å². The molecule has 0 spiro atoms. The molecule has 0 saturated heterocycles. The van der Waals surface area contributed by atoms with Crippen molar-refractivity contribution in [3.8, 4) is 0 Å². The first-order chi connectivity index (χ1) is 14.4. The van der Waals surface area contributed by atoms with E-state index in [1.54, 1.807) is 0 Å². The van der Waals surface area contributed by atoms with Crippen LogP contribution in [0.1, 0.15) is 105 Å². The Labute approximate surface area is 183 Å². The predicted molar refractivity (Wildman–Crippen MR) is 119 cm³/mol. The normalized spacial score (nSPS) is 15.3. The van der Waals surface area contributed by atoms with Gasteiger partial charge in [-0.25, -0.2) is 0 Å². The second kappa shape index (κ2) is 16.5. The summed E-state index contributed by atoms with van der Waals surface area (Å²) >= 11 is 0. The average Bonchev–Trinajstić information content (AvgIpc) is 2.78. The average molecular weight is 431 g/mol. The lowest BCUT2D eigenvalue weighted by Crippen LogP contribution is -2.32. The molecule has 0 saturated carbocycles. The van der Waals surface area contributed by atoms with Gasteiger partial charge in [0.1, 0.15) is 0 Å². The first kappa shape index (κ1) is 28.9. The molecule has 0 aromatic rings. The second-order valence-electron chi connectivity index (χ2n) is 8.76. The molecule has 0 heterocycles. The van der Waals surface area contributed by atoms with Crippen molar-refractivity contribution in [2.75, 3.05) is 26.4 Å². The van der Waals surface area contributed by atoms with Crippen LogP contribution in [0.15, 0.2) is 0 Å². The van der Waals surface area contributed by atoms with E-state index < -0.39 is 0 Å². The van der Waals surface area contributed by atoms with Crippen molar-refractivity contribution in [3.63, 3.8) is 0 Å². The lowest BCUT2D eigenvalue weighted by atomic mass is 9.82. The number of carbonyl (C=O) groups is 2. The van der Waals surface area contributed by atoms with E-state index in [1.807, 2.05) is 13.8 Å². The van der Waals surface area contributed by atoms with Crippen LogP contribution in [0.3, 0.4) is 0 Å². The summed E-state index contributed by atoms with van der Waals surface area (Å²) in [7, 11) is 0. The minimum absolute atomic E-state index is 0.0218. The van der Waals surface area contributed by atoms with Gasteiger partial charge in [-0.15, -0.1) is 0 Å². The number of aliphatic hydroxyl groups excluding tert-OH is 2. The lowest BCUT2D eigenvalue weighted by Gasteiger charge is -2.30. The van der Waals surface area contributed by atoms with Gasteiger partial charge in [-0.3, -0.25) is 9.59 Å². The number of aliphatic hydroxyl groups is 2. The van der Waals surface area contributed by atoms with E-state index in [2.05, 4.69) is 13.8 Å². The minimum Gasteiger partial charge on any atom is -0.465 e. The summed E-state index contributed by atoms with van der Waals surface area (Å²) in [5.41, 5.74) is -0.683. The van der Waals surface area contributed by atoms with E-state index in [0.717, 1.165) is 51.4 Å². The topological polar surface area (TPSA) is 93.1 Å². The number of unbranched alkanes of at least 4 members (excludes halogenated alkanes) is 3. The van der Waals surface area contributed by atoms with Gasteiger partial charge >= 0.3 is 11.9 Å². The van der Waals surface area contributed by atoms with Crippen LogP contribution < -0.4 is 0 Å². The van der Waals surface area contributed by atoms with Crippen LogP contribution in [-0.2, 0) is 19.1 Å². The molecule has 2 atom stereocenters. The Kier molecular flexibility index (Phi) is 15.9. The van der Waals surface area contributed by atoms with E-state index in [9.17, 15) is 19.8 Å². The molecule has 0 fully saturated rings. The fourth-order valence-corrected chi connectivity index (χ4v) is 3.43. The Morgan fingerprint density at radius 2 is 1.03 bits per heavy atom. The summed E-state index contributed by atoms with van der Waals surface area (Å²) in [6, 6.07) is 0. The fraction of sp³-hybridized carbons (Fsp3) is 0.917. The third-order valence-electron chi connectivity index (χ3n) is 6.38. The zero-order valence-electron chi connectivity index (χ0n) is 19.8. The Bertz CT molecular complexity index is 413. The lowest BCUT2D eigenvalue weighted by molar-refractivity contribution is -0.151. The summed E-state index contributed by atoms with van der Waals surface area (Å²) in [6.45, 7) is 8.77. The van der Waals surface area contributed by atoms with Crippen molar-refractivity contribution in [1.29, 1.82) is 0 Å². The molecule has 0 aliphatic carbocycles. The van der Waals surface area contributed by atoms with Gasteiger partial charge in [0, 0.05) is 23.7 Å². The van der Waals surface area contributed by atoms with Crippen LogP contribution in [0.5, 0.6) is 0 Å². The van der Waals surface area contributed by atoms with Crippen LogP contribution >= 0.6 is 0 Å². The first-order valence-electron chi connectivity index (χ1n) is 11.9. The molecule has 0 aliphatic heterocycles. The summed E-state index contributed by atoms with van der Waals surface area (Å²) in [6.07, 6.45) is 8.99. The molecule has 0 aromatic heterocycles. The molecule has 0 radical (unpaired) electrons. The monoisotopic (exact) mass is 430 g/mol. The van der Waals surface area contributed by atoms with Crippen molar-refractivity contribution in [2.24, 2.45) is 10.8 Å². The van der Waals surface area contributed by atoms with E-state index in [1.165, 1.54) is 0 Å². The molecule has 30 heavy (non-hydrogen) atoms. The largest absolute Gasteiger partial charge is 0.465 e. The minimum atomic E-state index is -0.342. The fourth-order valence-electron chi connectivity index (χ4n) is 3.43. The third kappa shape index (κ3) is 11.3. The van der Waals surface area contributed by atoms with Gasteiger partial charge in [0.05, 0.1) is 26.4 Å². The van der Waals surface area contributed by atoms with Gasteiger partial charge in [-0.05, 0) is 38.5 Å². The molecule has 0 amide bonds. The molecule has 0 bridgehead atoms. The zero-order chi connectivity index (χ0) is 22.9. The Morgan fingerprint density at radius 1 is 0.667 bits per heavy atom. The summed E-state index contributed by atoms with van der Waals surface area (Å²) < 4.78 is 10.8. The zero-order valence-corrected chi connectivity index (χ0v) is 19.8. The van der Waals surface area contributed by atoms with E-state index in [-0.39, 0.29) is 62.0 Å². The van der Waals surface area contributed by atoms with Crippen molar-refractivity contribution in [3.05, 3.63) is 0 Å². The second-order valence-corrected chi connectivity index (χ2v) is 8.76. The summed E-state index contributed by atoms with van der Waals surface area (Å²) in [4.78, 5) is 24.1. The van der Waals surface area contributed by atoms with Crippen LogP contribution in [0.4, 0.5) is 0 Å². The number of esters is 2. The van der Waals surface area contributed by atoms with Crippen molar-refractivity contribution in [2.45, 2.75) is 105 Å². The Balaban J connectivity index is 4.17. The molecular formula is C24H46O6. The van der Waals surface area contributed by atoms with Gasteiger partial charge in [0.25, 0.3) is 0 Å². The highest BCUT2D eigenvalue weighted by molar-refractivity contribution is 5.70. The molecule has 0 rings (SSSR count). The summed E-state index contributed by atoms with van der Waals surface area (Å²) in [5, 5.41) is 19.4. The van der Waals surface area contributed by atoms with Crippen LogP contribution in [0.25, 0.3) is 0 Å². The molecule has 178 valence electrons. The van der Waals surface area contributed by atoms with Crippen molar-refractivity contribution < 1.29 is 29.3 Å². The van der Waals surface area contributed by atoms with E-state index in [0.29, 0.717) is 12.8 Å². The maximum Gasteiger partial charge on any atom is 0.305 e. The molecule has 0 aromatic carbocycles. The molecule has 2 N–H and O–H groups in total. The highest BCUT2D eigenvalue weighted by Gasteiger charge is 2.29. The molecule has 0 aliphatic rings. The number of rotatable bonds is 19. The third-order valence-corrected chi connectivity index (χ3v) is 6.38. The van der Waals surface area contributed by atoms with Gasteiger partial charge in [-0.2, -0.15) is 0 Å². The molecule has 6 nitrogen and oxygen atoms in total. The van der Waals surface area contributed by atoms with Crippen LogP contribution in [0.2, 0.25) is 0 Å². The molecule has 2 unspecified atom stereocenters. The smallest absolute Gasteiger partial charge is 0.305 e. The van der Waals surface area contributed by atoms with Crippen molar-refractivity contribution >= 4 is 11.9 Å². The SMILES string of the molecule is CCCCC(CC)(CO)COC(=O)CCCCC(=O)OCC(CC)(CO)CCCC. The maximum absolute atomic E-state index is 12.0. The highest BCUT2D eigenvalue weighted by atomic mass is 16.5. The van der Waals surface area contributed by atoms with Crippen LogP contribution in [-0.4, -0.2) is 48.6 Å². The number of ether oxygens (including phenoxy) is 2. The van der Waals surface area contributed by atoms with Crippen molar-refractivity contribution in [1.82, 2.24) is 0 Å². The predicted octanol–water partition coefficient (Wildman–Crippen LogP) is 4.79. The molecule has 6 heteroatoms. The van der Waals surface area contributed by atoms with E-state index >= 15 is 0 Å². The number of hydrogen-bond acceptors (Lipinski definition) is 6. The standard InChI is InChI=1S/C24H46O6/c1-5-9-15-23(7-3,17-25)19-29-21(27)13-11-12-14-22(28)30-20-24(8-4,18-26)16-10-6-2/h25-26H,5-20H2,1-4H3. The van der Waals surface area contributed by atoms with E-state index in [4.69, 9.17) is 9.47 Å². The summed E-state index contributed by atoms with van der Waals surface area (Å²) in [5.74, 6) is -0.563.